The average Bonchev–Trinajstić information content (AvgIpc) is 2.74. The molecular formula is C25H39NO5. The van der Waals surface area contributed by atoms with Gasteiger partial charge in [-0.05, 0) is 6.42 Å². The number of nitrogens with one attached hydrogen (secondary N) is 1. The van der Waals surface area contributed by atoms with Crippen LogP contribution in [0.3, 0.4) is 0 Å². The Hall–Kier alpha value is -2.37. The highest BCUT2D eigenvalue weighted by molar-refractivity contribution is 5.91. The van der Waals surface area contributed by atoms with Crippen molar-refractivity contribution >= 4 is 24.5 Å². The van der Waals surface area contributed by atoms with Gasteiger partial charge in [0.05, 0.1) is 0 Å². The molecule has 0 aliphatic carbocycles. The van der Waals surface area contributed by atoms with Crippen LogP contribution < -0.4 is 14.8 Å². The van der Waals surface area contributed by atoms with Gasteiger partial charge in [0.2, 0.25) is 5.91 Å². The molecule has 0 aromatic heterocycles. The Labute approximate surface area is 187 Å². The maximum atomic E-state index is 12.1. The van der Waals surface area contributed by atoms with Crippen LogP contribution in [0.15, 0.2) is 18.2 Å². The summed E-state index contributed by atoms with van der Waals surface area (Å²) in [6, 6.07) is 4.41. The molecular weight excluding hydrogens is 394 g/mol. The van der Waals surface area contributed by atoms with Gasteiger partial charge in [-0.1, -0.05) is 90.4 Å². The zero-order chi connectivity index (χ0) is 22.6. The van der Waals surface area contributed by atoms with E-state index in [4.69, 9.17) is 9.47 Å². The Morgan fingerprint density at radius 3 is 1.55 bits per heavy atom. The maximum Gasteiger partial charge on any atom is 0.298 e. The Kier molecular flexibility index (Phi) is 15.8. The van der Waals surface area contributed by atoms with Crippen molar-refractivity contribution in [3.05, 3.63) is 18.2 Å². The molecule has 0 unspecified atom stereocenters. The predicted molar refractivity (Wildman–Crippen MR) is 123 cm³/mol. The molecule has 174 valence electrons. The monoisotopic (exact) mass is 433 g/mol. The Balaban J connectivity index is 2.07. The molecule has 0 aliphatic heterocycles. The standard InChI is InChI=1S/C25H39NO5/c1-2-3-4-5-6-7-8-9-10-11-12-13-14-15-16-25(29)26-22-17-23(30-20-27)19-24(18-22)31-21-28/h17-21H,2-16H2,1H3,(H,26,29). The van der Waals surface area contributed by atoms with Crippen molar-refractivity contribution in [1.29, 1.82) is 0 Å². The van der Waals surface area contributed by atoms with Crippen LogP contribution in [0.25, 0.3) is 0 Å². The number of hydrogen-bond acceptors (Lipinski definition) is 5. The number of carbonyl (C=O) groups is 3. The molecule has 0 atom stereocenters. The van der Waals surface area contributed by atoms with Crippen LogP contribution in [0.2, 0.25) is 0 Å². The predicted octanol–water partition coefficient (Wildman–Crippen LogP) is 6.57. The highest BCUT2D eigenvalue weighted by Crippen LogP contribution is 2.26. The summed E-state index contributed by atoms with van der Waals surface area (Å²) < 4.78 is 9.55. The third-order valence-electron chi connectivity index (χ3n) is 5.29. The Morgan fingerprint density at radius 2 is 1.13 bits per heavy atom. The first kappa shape index (κ1) is 26.7. The number of benzene rings is 1. The number of ether oxygens (including phenoxy) is 2. The van der Waals surface area contributed by atoms with Gasteiger partial charge in [0, 0.05) is 30.3 Å². The van der Waals surface area contributed by atoms with Crippen molar-refractivity contribution < 1.29 is 23.9 Å². The third kappa shape index (κ3) is 14.3. The van der Waals surface area contributed by atoms with E-state index in [1.54, 1.807) is 0 Å². The molecule has 1 aromatic carbocycles. The topological polar surface area (TPSA) is 81.7 Å². The van der Waals surface area contributed by atoms with E-state index >= 15 is 0 Å². The minimum absolute atomic E-state index is 0.112. The second-order valence-electron chi connectivity index (χ2n) is 8.02. The minimum atomic E-state index is -0.112. The molecule has 0 saturated heterocycles. The molecule has 31 heavy (non-hydrogen) atoms. The van der Waals surface area contributed by atoms with Gasteiger partial charge in [-0.25, -0.2) is 0 Å². The molecule has 0 saturated carbocycles. The maximum absolute atomic E-state index is 12.1. The highest BCUT2D eigenvalue weighted by atomic mass is 16.5. The van der Waals surface area contributed by atoms with Gasteiger partial charge in [0.1, 0.15) is 11.5 Å². The fourth-order valence-electron chi connectivity index (χ4n) is 3.59. The van der Waals surface area contributed by atoms with E-state index in [0.717, 1.165) is 19.3 Å². The van der Waals surface area contributed by atoms with Crippen molar-refractivity contribution in [3.8, 4) is 11.5 Å². The summed E-state index contributed by atoms with van der Waals surface area (Å²) in [7, 11) is 0. The Morgan fingerprint density at radius 1 is 0.710 bits per heavy atom. The van der Waals surface area contributed by atoms with Crippen molar-refractivity contribution in [2.24, 2.45) is 0 Å². The first-order chi connectivity index (χ1) is 15.2. The van der Waals surface area contributed by atoms with Gasteiger partial charge in [-0.3, -0.25) is 14.4 Å². The van der Waals surface area contributed by atoms with Crippen LogP contribution in [-0.4, -0.2) is 18.9 Å². The lowest BCUT2D eigenvalue weighted by Crippen LogP contribution is -2.11. The molecule has 0 spiro atoms. The molecule has 6 heteroatoms. The summed E-state index contributed by atoms with van der Waals surface area (Å²) in [6.07, 6.45) is 18.3. The normalized spacial score (nSPS) is 10.5. The van der Waals surface area contributed by atoms with E-state index in [-0.39, 0.29) is 30.4 Å². The number of carbonyl (C=O) groups excluding carboxylic acids is 3. The fourth-order valence-corrected chi connectivity index (χ4v) is 3.59. The van der Waals surface area contributed by atoms with Gasteiger partial charge in [-0.15, -0.1) is 0 Å². The summed E-state index contributed by atoms with van der Waals surface area (Å²) in [6.45, 7) is 2.81. The molecule has 0 bridgehead atoms. The smallest absolute Gasteiger partial charge is 0.298 e. The van der Waals surface area contributed by atoms with Crippen molar-refractivity contribution in [2.75, 3.05) is 5.32 Å². The number of unbranched alkanes of at least 4 members (excludes halogenated alkanes) is 13. The molecule has 0 radical (unpaired) electrons. The summed E-state index contributed by atoms with van der Waals surface area (Å²) in [5, 5.41) is 2.76. The third-order valence-corrected chi connectivity index (χ3v) is 5.29. The van der Waals surface area contributed by atoms with Crippen LogP contribution >= 0.6 is 0 Å². The van der Waals surface area contributed by atoms with Gasteiger partial charge in [0.15, 0.2) is 0 Å². The summed E-state index contributed by atoms with van der Waals surface area (Å²) in [5.74, 6) is 0.279. The van der Waals surface area contributed by atoms with Gasteiger partial charge in [-0.2, -0.15) is 0 Å². The van der Waals surface area contributed by atoms with Crippen molar-refractivity contribution in [2.45, 2.75) is 103 Å². The molecule has 6 nitrogen and oxygen atoms in total. The van der Waals surface area contributed by atoms with Crippen LogP contribution in [0.5, 0.6) is 11.5 Å². The quantitative estimate of drug-likeness (QED) is 0.186. The van der Waals surface area contributed by atoms with Gasteiger partial charge < -0.3 is 14.8 Å². The molecule has 0 heterocycles. The first-order valence-corrected chi connectivity index (χ1v) is 11.8. The lowest BCUT2D eigenvalue weighted by molar-refractivity contribution is -0.121. The number of amides is 1. The number of rotatable bonds is 20. The largest absolute Gasteiger partial charge is 0.429 e. The SMILES string of the molecule is CCCCCCCCCCCCCCCCC(=O)Nc1cc(OC=O)cc(OC=O)c1. The van der Waals surface area contributed by atoms with E-state index < -0.39 is 0 Å². The van der Waals surface area contributed by atoms with E-state index in [9.17, 15) is 14.4 Å². The molecule has 1 aromatic rings. The summed E-state index contributed by atoms with van der Waals surface area (Å²) in [4.78, 5) is 33.2. The summed E-state index contributed by atoms with van der Waals surface area (Å²) >= 11 is 0. The van der Waals surface area contributed by atoms with E-state index in [1.807, 2.05) is 0 Å². The van der Waals surface area contributed by atoms with Crippen LogP contribution in [0.4, 0.5) is 5.69 Å². The van der Waals surface area contributed by atoms with E-state index in [2.05, 4.69) is 12.2 Å². The molecule has 0 fully saturated rings. The average molecular weight is 434 g/mol. The molecule has 1 rings (SSSR count). The zero-order valence-electron chi connectivity index (χ0n) is 19.0. The molecule has 1 N–H and O–H groups in total. The lowest BCUT2D eigenvalue weighted by Gasteiger charge is -2.09. The first-order valence-electron chi connectivity index (χ1n) is 11.8. The van der Waals surface area contributed by atoms with E-state index in [0.29, 0.717) is 12.1 Å². The Bertz CT molecular complexity index is 604. The second kappa shape index (κ2) is 18.4. The highest BCUT2D eigenvalue weighted by Gasteiger charge is 2.07. The lowest BCUT2D eigenvalue weighted by atomic mass is 10.0. The second-order valence-corrected chi connectivity index (χ2v) is 8.02. The fraction of sp³-hybridized carbons (Fsp3) is 0.640. The van der Waals surface area contributed by atoms with Crippen LogP contribution in [-0.2, 0) is 14.4 Å². The molecule has 1 amide bonds. The van der Waals surface area contributed by atoms with E-state index in [1.165, 1.54) is 88.8 Å². The van der Waals surface area contributed by atoms with Gasteiger partial charge >= 0.3 is 0 Å². The molecule has 0 aliphatic rings. The van der Waals surface area contributed by atoms with Gasteiger partial charge in [0.25, 0.3) is 12.9 Å². The minimum Gasteiger partial charge on any atom is -0.429 e. The summed E-state index contributed by atoms with van der Waals surface area (Å²) in [5.41, 5.74) is 0.423. The van der Waals surface area contributed by atoms with Crippen LogP contribution in [0, 0.1) is 0 Å². The van der Waals surface area contributed by atoms with Crippen LogP contribution in [0.1, 0.15) is 103 Å². The number of anilines is 1. The number of hydrogen-bond donors (Lipinski definition) is 1. The van der Waals surface area contributed by atoms with Crippen molar-refractivity contribution in [3.63, 3.8) is 0 Å². The zero-order valence-corrected chi connectivity index (χ0v) is 19.0. The van der Waals surface area contributed by atoms with Crippen molar-refractivity contribution in [1.82, 2.24) is 0 Å².